The van der Waals surface area contributed by atoms with E-state index in [1.54, 1.807) is 19.2 Å². The summed E-state index contributed by atoms with van der Waals surface area (Å²) < 4.78 is 0. The molecule has 1 saturated heterocycles. The highest BCUT2D eigenvalue weighted by Crippen LogP contribution is 2.31. The number of likely N-dealkylation sites (tertiary alicyclic amines) is 1. The van der Waals surface area contributed by atoms with Gasteiger partial charge in [0.2, 0.25) is 0 Å². The van der Waals surface area contributed by atoms with Gasteiger partial charge in [-0.2, -0.15) is 0 Å². The van der Waals surface area contributed by atoms with Crippen molar-refractivity contribution in [3.05, 3.63) is 42.1 Å². The monoisotopic (exact) mass is 284 g/mol. The quantitative estimate of drug-likeness (QED) is 0.918. The van der Waals surface area contributed by atoms with Crippen molar-refractivity contribution in [2.75, 3.05) is 6.54 Å². The van der Waals surface area contributed by atoms with E-state index in [0.29, 0.717) is 24.9 Å². The molecular formula is C16H16N2O3. The zero-order chi connectivity index (χ0) is 15.0. The molecular weight excluding hydrogens is 268 g/mol. The van der Waals surface area contributed by atoms with Crippen LogP contribution in [0.25, 0.3) is 10.9 Å². The lowest BCUT2D eigenvalue weighted by Crippen LogP contribution is -2.50. The smallest absolute Gasteiger partial charge is 0.329 e. The fraction of sp³-hybridized carbons (Fsp3) is 0.312. The second kappa shape index (κ2) is 4.84. The highest BCUT2D eigenvalue weighted by Gasteiger charge is 2.46. The van der Waals surface area contributed by atoms with E-state index in [2.05, 4.69) is 4.98 Å². The van der Waals surface area contributed by atoms with Gasteiger partial charge in [-0.3, -0.25) is 9.78 Å². The van der Waals surface area contributed by atoms with E-state index >= 15 is 0 Å². The zero-order valence-electron chi connectivity index (χ0n) is 11.7. The zero-order valence-corrected chi connectivity index (χ0v) is 11.7. The minimum Gasteiger partial charge on any atom is -0.480 e. The summed E-state index contributed by atoms with van der Waals surface area (Å²) in [5, 5.41) is 10.2. The van der Waals surface area contributed by atoms with Gasteiger partial charge >= 0.3 is 5.97 Å². The molecule has 1 unspecified atom stereocenters. The van der Waals surface area contributed by atoms with E-state index in [-0.39, 0.29) is 5.91 Å². The summed E-state index contributed by atoms with van der Waals surface area (Å²) >= 11 is 0. The predicted octanol–water partition coefficient (Wildman–Crippen LogP) is 2.31. The average molecular weight is 284 g/mol. The van der Waals surface area contributed by atoms with E-state index in [0.717, 1.165) is 10.9 Å². The second-order valence-corrected chi connectivity index (χ2v) is 5.52. The first-order valence-corrected chi connectivity index (χ1v) is 6.93. The van der Waals surface area contributed by atoms with Crippen LogP contribution in [0.4, 0.5) is 0 Å². The Morgan fingerprint density at radius 3 is 2.81 bits per heavy atom. The third-order valence-corrected chi connectivity index (χ3v) is 4.23. The summed E-state index contributed by atoms with van der Waals surface area (Å²) in [6.45, 7) is 2.09. The Labute approximate surface area is 122 Å². The normalized spacial score (nSPS) is 21.7. The van der Waals surface area contributed by atoms with Gasteiger partial charge in [-0.05, 0) is 31.9 Å². The first kappa shape index (κ1) is 13.5. The standard InChI is InChI=1S/C16H16N2O3/c1-16(15(20)21)8-4-10-18(16)14(19)12-7-9-17-13-6-3-2-5-11(12)13/h2-3,5-7,9H,4,8,10H2,1H3,(H,20,21). The average Bonchev–Trinajstić information content (AvgIpc) is 2.89. The number of benzene rings is 1. The van der Waals surface area contributed by atoms with Crippen LogP contribution in [0.3, 0.4) is 0 Å². The van der Waals surface area contributed by atoms with Crippen LogP contribution in [0.1, 0.15) is 30.1 Å². The lowest BCUT2D eigenvalue weighted by molar-refractivity contribution is -0.147. The Kier molecular flexibility index (Phi) is 3.12. The number of aliphatic carboxylic acids is 1. The van der Waals surface area contributed by atoms with Crippen LogP contribution >= 0.6 is 0 Å². The molecule has 108 valence electrons. The number of rotatable bonds is 2. The third-order valence-electron chi connectivity index (χ3n) is 4.23. The van der Waals surface area contributed by atoms with Crippen molar-refractivity contribution >= 4 is 22.8 Å². The fourth-order valence-electron chi connectivity index (χ4n) is 2.94. The summed E-state index contributed by atoms with van der Waals surface area (Å²) in [4.78, 5) is 30.0. The Bertz CT molecular complexity index is 723. The molecule has 1 aromatic carbocycles. The van der Waals surface area contributed by atoms with E-state index < -0.39 is 11.5 Å². The lowest BCUT2D eigenvalue weighted by atomic mass is 9.98. The first-order valence-electron chi connectivity index (χ1n) is 6.93. The minimum atomic E-state index is -1.12. The molecule has 5 heteroatoms. The van der Waals surface area contributed by atoms with Gasteiger partial charge in [-0.1, -0.05) is 18.2 Å². The van der Waals surface area contributed by atoms with Crippen LogP contribution in [0, 0.1) is 0 Å². The van der Waals surface area contributed by atoms with Crippen LogP contribution < -0.4 is 0 Å². The van der Waals surface area contributed by atoms with Crippen molar-refractivity contribution in [1.82, 2.24) is 9.88 Å². The van der Waals surface area contributed by atoms with Gasteiger partial charge in [-0.25, -0.2) is 4.79 Å². The summed E-state index contributed by atoms with van der Waals surface area (Å²) in [6, 6.07) is 9.05. The van der Waals surface area contributed by atoms with Gasteiger partial charge in [0.25, 0.3) is 5.91 Å². The predicted molar refractivity (Wildman–Crippen MR) is 78.1 cm³/mol. The molecule has 1 atom stereocenters. The molecule has 0 aliphatic carbocycles. The number of carboxylic acids is 1. The number of carbonyl (C=O) groups is 2. The number of carboxylic acid groups (broad SMARTS) is 1. The molecule has 1 aromatic heterocycles. The van der Waals surface area contributed by atoms with E-state index in [1.165, 1.54) is 4.90 Å². The Balaban J connectivity index is 2.07. The van der Waals surface area contributed by atoms with Gasteiger partial charge in [0, 0.05) is 18.1 Å². The summed E-state index contributed by atoms with van der Waals surface area (Å²) in [5.41, 5.74) is 0.121. The van der Waals surface area contributed by atoms with Crippen LogP contribution in [0.15, 0.2) is 36.5 Å². The molecule has 2 heterocycles. The number of hydrogen-bond acceptors (Lipinski definition) is 3. The van der Waals surface area contributed by atoms with Gasteiger partial charge in [0.1, 0.15) is 5.54 Å². The topological polar surface area (TPSA) is 70.5 Å². The Morgan fingerprint density at radius 2 is 2.05 bits per heavy atom. The van der Waals surface area contributed by atoms with Crippen molar-refractivity contribution in [3.8, 4) is 0 Å². The maximum absolute atomic E-state index is 12.8. The van der Waals surface area contributed by atoms with Gasteiger partial charge in [0.05, 0.1) is 11.1 Å². The lowest BCUT2D eigenvalue weighted by Gasteiger charge is -2.31. The highest BCUT2D eigenvalue weighted by molar-refractivity contribution is 6.07. The second-order valence-electron chi connectivity index (χ2n) is 5.52. The molecule has 0 saturated carbocycles. The number of para-hydroxylation sites is 1. The summed E-state index contributed by atoms with van der Waals surface area (Å²) in [7, 11) is 0. The molecule has 2 aromatic rings. The van der Waals surface area contributed by atoms with E-state index in [9.17, 15) is 14.7 Å². The Morgan fingerprint density at radius 1 is 1.29 bits per heavy atom. The highest BCUT2D eigenvalue weighted by atomic mass is 16.4. The fourth-order valence-corrected chi connectivity index (χ4v) is 2.94. The minimum absolute atomic E-state index is 0.240. The summed E-state index contributed by atoms with van der Waals surface area (Å²) in [5.74, 6) is -1.19. The number of amides is 1. The number of aromatic nitrogens is 1. The van der Waals surface area contributed by atoms with Crippen molar-refractivity contribution in [3.63, 3.8) is 0 Å². The number of carbonyl (C=O) groups excluding carboxylic acids is 1. The van der Waals surface area contributed by atoms with Gasteiger partial charge in [0.15, 0.2) is 0 Å². The van der Waals surface area contributed by atoms with Crippen LogP contribution in [0.5, 0.6) is 0 Å². The molecule has 5 nitrogen and oxygen atoms in total. The van der Waals surface area contributed by atoms with E-state index in [1.807, 2.05) is 24.3 Å². The van der Waals surface area contributed by atoms with Crippen molar-refractivity contribution in [1.29, 1.82) is 0 Å². The molecule has 21 heavy (non-hydrogen) atoms. The van der Waals surface area contributed by atoms with Gasteiger partial charge < -0.3 is 10.0 Å². The van der Waals surface area contributed by atoms with Crippen LogP contribution in [-0.2, 0) is 4.79 Å². The number of fused-ring (bicyclic) bond motifs is 1. The molecule has 1 aliphatic rings. The maximum atomic E-state index is 12.8. The molecule has 1 amide bonds. The maximum Gasteiger partial charge on any atom is 0.329 e. The third kappa shape index (κ3) is 2.05. The molecule has 3 rings (SSSR count). The van der Waals surface area contributed by atoms with Crippen molar-refractivity contribution in [2.24, 2.45) is 0 Å². The summed E-state index contributed by atoms with van der Waals surface area (Å²) in [6.07, 6.45) is 2.78. The Hall–Kier alpha value is -2.43. The first-order chi connectivity index (χ1) is 10.0. The molecule has 0 radical (unpaired) electrons. The number of pyridine rings is 1. The molecule has 1 fully saturated rings. The number of nitrogens with zero attached hydrogens (tertiary/aromatic N) is 2. The SMILES string of the molecule is CC1(C(=O)O)CCCN1C(=O)c1ccnc2ccccc12. The molecule has 0 bridgehead atoms. The molecule has 1 aliphatic heterocycles. The van der Waals surface area contributed by atoms with E-state index in [4.69, 9.17) is 0 Å². The van der Waals surface area contributed by atoms with Gasteiger partial charge in [-0.15, -0.1) is 0 Å². The van der Waals surface area contributed by atoms with Crippen LogP contribution in [-0.4, -0.2) is 39.0 Å². The largest absolute Gasteiger partial charge is 0.480 e. The number of hydrogen-bond donors (Lipinski definition) is 1. The molecule has 1 N–H and O–H groups in total. The van der Waals surface area contributed by atoms with Crippen molar-refractivity contribution in [2.45, 2.75) is 25.3 Å². The van der Waals surface area contributed by atoms with Crippen LogP contribution in [0.2, 0.25) is 0 Å². The van der Waals surface area contributed by atoms with Crippen molar-refractivity contribution < 1.29 is 14.7 Å². The molecule has 0 spiro atoms.